The molecular formula is C14H20N2O3. The molecule has 0 aliphatic heterocycles. The molecule has 0 aliphatic carbocycles. The van der Waals surface area contributed by atoms with E-state index >= 15 is 0 Å². The van der Waals surface area contributed by atoms with Crippen molar-refractivity contribution >= 4 is 12.0 Å². The SMILES string of the molecule is CC[C@H](NC(=O)NCCCc1ccccc1)C(=O)O. The number of benzene rings is 1. The average molecular weight is 264 g/mol. The first-order valence-electron chi connectivity index (χ1n) is 6.44. The topological polar surface area (TPSA) is 78.4 Å². The van der Waals surface area contributed by atoms with Gasteiger partial charge in [0.25, 0.3) is 0 Å². The number of hydrogen-bond donors (Lipinski definition) is 3. The molecule has 0 aromatic heterocycles. The molecular weight excluding hydrogens is 244 g/mol. The summed E-state index contributed by atoms with van der Waals surface area (Å²) in [6.45, 7) is 2.24. The molecule has 0 unspecified atom stereocenters. The van der Waals surface area contributed by atoms with Gasteiger partial charge < -0.3 is 15.7 Å². The van der Waals surface area contributed by atoms with Crippen LogP contribution in [-0.4, -0.2) is 29.7 Å². The fraction of sp³-hybridized carbons (Fsp3) is 0.429. The minimum atomic E-state index is -1.01. The van der Waals surface area contributed by atoms with Crippen LogP contribution in [0.1, 0.15) is 25.3 Å². The summed E-state index contributed by atoms with van der Waals surface area (Å²) in [6, 6.07) is 8.75. The third-order valence-corrected chi connectivity index (χ3v) is 2.78. The molecule has 0 spiro atoms. The maximum atomic E-state index is 11.4. The lowest BCUT2D eigenvalue weighted by molar-refractivity contribution is -0.139. The van der Waals surface area contributed by atoms with Crippen LogP contribution in [0.25, 0.3) is 0 Å². The summed E-state index contributed by atoms with van der Waals surface area (Å²) in [6.07, 6.45) is 2.07. The Balaban J connectivity index is 2.19. The molecule has 3 N–H and O–H groups in total. The molecule has 0 saturated heterocycles. The summed E-state index contributed by atoms with van der Waals surface area (Å²) in [7, 11) is 0. The molecule has 1 rings (SSSR count). The lowest BCUT2D eigenvalue weighted by Crippen LogP contribution is -2.45. The molecule has 1 aromatic rings. The number of carbonyl (C=O) groups excluding carboxylic acids is 1. The monoisotopic (exact) mass is 264 g/mol. The first kappa shape index (κ1) is 15.0. The number of aliphatic carboxylic acids is 1. The number of amides is 2. The van der Waals surface area contributed by atoms with Crippen molar-refractivity contribution in [2.24, 2.45) is 0 Å². The molecule has 0 heterocycles. The molecule has 0 saturated carbocycles. The van der Waals surface area contributed by atoms with Crippen LogP contribution >= 0.6 is 0 Å². The van der Waals surface area contributed by atoms with Crippen molar-refractivity contribution < 1.29 is 14.7 Å². The number of carboxylic acid groups (broad SMARTS) is 1. The van der Waals surface area contributed by atoms with Crippen LogP contribution in [0, 0.1) is 0 Å². The Labute approximate surface area is 113 Å². The molecule has 1 aromatic carbocycles. The summed E-state index contributed by atoms with van der Waals surface area (Å²) in [5, 5.41) is 13.9. The van der Waals surface area contributed by atoms with Crippen LogP contribution in [0.4, 0.5) is 4.79 Å². The number of hydrogen-bond acceptors (Lipinski definition) is 2. The van der Waals surface area contributed by atoms with Crippen molar-refractivity contribution in [1.82, 2.24) is 10.6 Å². The molecule has 5 heteroatoms. The van der Waals surface area contributed by atoms with Gasteiger partial charge in [-0.25, -0.2) is 9.59 Å². The van der Waals surface area contributed by atoms with Crippen molar-refractivity contribution in [3.8, 4) is 0 Å². The van der Waals surface area contributed by atoms with Crippen molar-refractivity contribution in [2.75, 3.05) is 6.54 Å². The van der Waals surface area contributed by atoms with E-state index in [0.717, 1.165) is 12.8 Å². The van der Waals surface area contributed by atoms with E-state index in [1.165, 1.54) is 5.56 Å². The number of carbonyl (C=O) groups is 2. The number of carboxylic acids is 1. The van der Waals surface area contributed by atoms with Crippen molar-refractivity contribution in [1.29, 1.82) is 0 Å². The van der Waals surface area contributed by atoms with Crippen molar-refractivity contribution in [3.05, 3.63) is 35.9 Å². The zero-order valence-corrected chi connectivity index (χ0v) is 11.1. The van der Waals surface area contributed by atoms with Crippen LogP contribution in [0.15, 0.2) is 30.3 Å². The molecule has 19 heavy (non-hydrogen) atoms. The van der Waals surface area contributed by atoms with Crippen LogP contribution in [0.3, 0.4) is 0 Å². The van der Waals surface area contributed by atoms with E-state index in [0.29, 0.717) is 13.0 Å². The van der Waals surface area contributed by atoms with Crippen LogP contribution in [0.2, 0.25) is 0 Å². The highest BCUT2D eigenvalue weighted by Crippen LogP contribution is 2.01. The second-order valence-electron chi connectivity index (χ2n) is 4.29. The van der Waals surface area contributed by atoms with E-state index in [1.807, 2.05) is 30.3 Å². The second-order valence-corrected chi connectivity index (χ2v) is 4.29. The van der Waals surface area contributed by atoms with E-state index < -0.39 is 18.0 Å². The number of aryl methyl sites for hydroxylation is 1. The van der Waals surface area contributed by atoms with E-state index in [2.05, 4.69) is 10.6 Å². The Kier molecular flexibility index (Phi) is 6.43. The van der Waals surface area contributed by atoms with E-state index in [-0.39, 0.29) is 0 Å². The molecule has 0 aliphatic rings. The van der Waals surface area contributed by atoms with Crippen LogP contribution in [-0.2, 0) is 11.2 Å². The second kappa shape index (κ2) is 8.13. The van der Waals surface area contributed by atoms with Crippen LogP contribution < -0.4 is 10.6 Å². The highest BCUT2D eigenvalue weighted by atomic mass is 16.4. The molecule has 0 radical (unpaired) electrons. The number of nitrogens with one attached hydrogen (secondary N) is 2. The minimum Gasteiger partial charge on any atom is -0.480 e. The van der Waals surface area contributed by atoms with Gasteiger partial charge in [-0.3, -0.25) is 0 Å². The fourth-order valence-corrected chi connectivity index (χ4v) is 1.69. The van der Waals surface area contributed by atoms with Gasteiger partial charge in [-0.15, -0.1) is 0 Å². The number of rotatable bonds is 7. The smallest absolute Gasteiger partial charge is 0.326 e. The van der Waals surface area contributed by atoms with E-state index in [9.17, 15) is 9.59 Å². The maximum absolute atomic E-state index is 11.4. The van der Waals surface area contributed by atoms with Crippen molar-refractivity contribution in [2.45, 2.75) is 32.2 Å². The molecule has 104 valence electrons. The maximum Gasteiger partial charge on any atom is 0.326 e. The predicted molar refractivity (Wildman–Crippen MR) is 73.0 cm³/mol. The Morgan fingerprint density at radius 1 is 1.26 bits per heavy atom. The van der Waals surface area contributed by atoms with Gasteiger partial charge in [-0.2, -0.15) is 0 Å². The van der Waals surface area contributed by atoms with Crippen molar-refractivity contribution in [3.63, 3.8) is 0 Å². The molecule has 1 atom stereocenters. The standard InChI is InChI=1S/C14H20N2O3/c1-2-12(13(17)18)16-14(19)15-10-6-9-11-7-4-3-5-8-11/h3-5,7-8,12H,2,6,9-10H2,1H3,(H,17,18)(H2,15,16,19)/t12-/m0/s1. The highest BCUT2D eigenvalue weighted by Gasteiger charge is 2.16. The third kappa shape index (κ3) is 5.90. The van der Waals surface area contributed by atoms with E-state index in [1.54, 1.807) is 6.92 Å². The van der Waals surface area contributed by atoms with Gasteiger partial charge in [0, 0.05) is 6.54 Å². The predicted octanol–water partition coefficient (Wildman–Crippen LogP) is 1.78. The average Bonchev–Trinajstić information content (AvgIpc) is 2.42. The lowest BCUT2D eigenvalue weighted by Gasteiger charge is -2.13. The van der Waals surface area contributed by atoms with Gasteiger partial charge in [0.1, 0.15) is 6.04 Å². The summed E-state index contributed by atoms with van der Waals surface area (Å²) < 4.78 is 0. The first-order valence-corrected chi connectivity index (χ1v) is 6.44. The van der Waals surface area contributed by atoms with Gasteiger partial charge >= 0.3 is 12.0 Å². The normalized spacial score (nSPS) is 11.6. The zero-order chi connectivity index (χ0) is 14.1. The minimum absolute atomic E-state index is 0.368. The number of urea groups is 1. The van der Waals surface area contributed by atoms with Gasteiger partial charge in [0.2, 0.25) is 0 Å². The van der Waals surface area contributed by atoms with Gasteiger partial charge in [-0.1, -0.05) is 37.3 Å². The summed E-state index contributed by atoms with van der Waals surface area (Å²) in [5.74, 6) is -1.01. The Morgan fingerprint density at radius 2 is 1.95 bits per heavy atom. The summed E-state index contributed by atoms with van der Waals surface area (Å²) in [5.41, 5.74) is 1.22. The van der Waals surface area contributed by atoms with E-state index in [4.69, 9.17) is 5.11 Å². The summed E-state index contributed by atoms with van der Waals surface area (Å²) >= 11 is 0. The molecule has 2 amide bonds. The highest BCUT2D eigenvalue weighted by molar-refractivity contribution is 5.82. The van der Waals surface area contributed by atoms with Gasteiger partial charge in [-0.05, 0) is 24.8 Å². The van der Waals surface area contributed by atoms with Gasteiger partial charge in [0.05, 0.1) is 0 Å². The third-order valence-electron chi connectivity index (χ3n) is 2.78. The zero-order valence-electron chi connectivity index (χ0n) is 11.1. The lowest BCUT2D eigenvalue weighted by atomic mass is 10.1. The molecule has 5 nitrogen and oxygen atoms in total. The van der Waals surface area contributed by atoms with Crippen LogP contribution in [0.5, 0.6) is 0 Å². The van der Waals surface area contributed by atoms with Gasteiger partial charge in [0.15, 0.2) is 0 Å². The molecule has 0 bridgehead atoms. The largest absolute Gasteiger partial charge is 0.480 e. The molecule has 0 fully saturated rings. The Morgan fingerprint density at radius 3 is 2.53 bits per heavy atom. The Bertz CT molecular complexity index is 406. The first-order chi connectivity index (χ1) is 9.13. The Hall–Kier alpha value is -2.04. The quantitative estimate of drug-likeness (QED) is 0.657. The summed E-state index contributed by atoms with van der Waals surface area (Å²) in [4.78, 5) is 22.2. The fourth-order valence-electron chi connectivity index (χ4n) is 1.69.